The molecule has 0 radical (unpaired) electrons. The molecule has 112 valence electrons. The summed E-state index contributed by atoms with van der Waals surface area (Å²) in [5.74, 6) is -0.594. The highest BCUT2D eigenvalue weighted by Crippen LogP contribution is 2.16. The van der Waals surface area contributed by atoms with Gasteiger partial charge in [-0.15, -0.1) is 0 Å². The first-order valence-electron chi connectivity index (χ1n) is 6.84. The van der Waals surface area contributed by atoms with E-state index in [2.05, 4.69) is 0 Å². The second-order valence-corrected chi connectivity index (χ2v) is 4.80. The van der Waals surface area contributed by atoms with Crippen molar-refractivity contribution in [3.05, 3.63) is 23.0 Å². The predicted octanol–water partition coefficient (Wildman–Crippen LogP) is 2.58. The Morgan fingerprint density at radius 2 is 2.05 bits per heavy atom. The minimum absolute atomic E-state index is 0.0347. The van der Waals surface area contributed by atoms with E-state index in [9.17, 15) is 9.59 Å². The summed E-state index contributed by atoms with van der Waals surface area (Å²) in [6.07, 6.45) is 2.48. The smallest absolute Gasteiger partial charge is 0.325 e. The van der Waals surface area contributed by atoms with Crippen LogP contribution >= 0.6 is 11.6 Å². The number of ether oxygens (including phenoxy) is 1. The van der Waals surface area contributed by atoms with Crippen molar-refractivity contribution in [2.75, 3.05) is 19.7 Å². The van der Waals surface area contributed by atoms with Crippen LogP contribution in [0.5, 0.6) is 0 Å². The lowest BCUT2D eigenvalue weighted by Crippen LogP contribution is -2.38. The fourth-order valence-electron chi connectivity index (χ4n) is 1.96. The Morgan fingerprint density at radius 3 is 2.60 bits per heavy atom. The van der Waals surface area contributed by atoms with E-state index in [4.69, 9.17) is 16.3 Å². The molecule has 0 aliphatic rings. The van der Waals surface area contributed by atoms with E-state index in [0.717, 1.165) is 6.42 Å². The molecule has 0 fully saturated rings. The number of aromatic nitrogens is 1. The van der Waals surface area contributed by atoms with E-state index in [0.29, 0.717) is 30.4 Å². The van der Waals surface area contributed by atoms with Gasteiger partial charge in [0.1, 0.15) is 12.2 Å². The summed E-state index contributed by atoms with van der Waals surface area (Å²) in [6, 6.07) is 1.63. The molecule has 1 heterocycles. The van der Waals surface area contributed by atoms with E-state index in [1.165, 1.54) is 4.90 Å². The lowest BCUT2D eigenvalue weighted by atomic mass is 10.3. The van der Waals surface area contributed by atoms with Crippen molar-refractivity contribution >= 4 is 23.5 Å². The van der Waals surface area contributed by atoms with Crippen LogP contribution in [0.3, 0.4) is 0 Å². The zero-order valence-electron chi connectivity index (χ0n) is 12.2. The average molecular weight is 301 g/mol. The molecule has 0 saturated carbocycles. The fourth-order valence-corrected chi connectivity index (χ4v) is 2.18. The second kappa shape index (κ2) is 7.94. The van der Waals surface area contributed by atoms with Gasteiger partial charge in [0.05, 0.1) is 11.6 Å². The Balaban J connectivity index is 2.89. The summed E-state index contributed by atoms with van der Waals surface area (Å²) in [4.78, 5) is 25.6. The number of rotatable bonds is 7. The number of aryl methyl sites for hydroxylation is 1. The van der Waals surface area contributed by atoms with Crippen LogP contribution in [0.1, 0.15) is 37.7 Å². The molecule has 0 saturated heterocycles. The van der Waals surface area contributed by atoms with Crippen molar-refractivity contribution in [3.8, 4) is 0 Å². The highest BCUT2D eigenvalue weighted by atomic mass is 35.5. The number of halogens is 1. The Labute approximate surface area is 124 Å². The topological polar surface area (TPSA) is 51.5 Å². The molecule has 6 heteroatoms. The highest BCUT2D eigenvalue weighted by Gasteiger charge is 2.21. The van der Waals surface area contributed by atoms with Crippen LogP contribution in [0.2, 0.25) is 5.02 Å². The number of hydrogen-bond acceptors (Lipinski definition) is 3. The van der Waals surface area contributed by atoms with Crippen molar-refractivity contribution in [1.82, 2.24) is 9.47 Å². The zero-order valence-corrected chi connectivity index (χ0v) is 12.9. The lowest BCUT2D eigenvalue weighted by Gasteiger charge is -2.21. The van der Waals surface area contributed by atoms with Gasteiger partial charge in [-0.25, -0.2) is 0 Å². The second-order valence-electron chi connectivity index (χ2n) is 4.36. The Bertz CT molecular complexity index is 471. The average Bonchev–Trinajstić information content (AvgIpc) is 2.79. The fraction of sp³-hybridized carbons (Fsp3) is 0.571. The van der Waals surface area contributed by atoms with Gasteiger partial charge in [-0.2, -0.15) is 0 Å². The molecule has 1 aromatic heterocycles. The molecule has 1 amide bonds. The summed E-state index contributed by atoms with van der Waals surface area (Å²) in [5.41, 5.74) is 0.496. The minimum atomic E-state index is -0.394. The van der Waals surface area contributed by atoms with Crippen LogP contribution in [0.15, 0.2) is 12.3 Å². The van der Waals surface area contributed by atoms with Gasteiger partial charge in [-0.3, -0.25) is 9.59 Å². The highest BCUT2D eigenvalue weighted by molar-refractivity contribution is 6.31. The normalized spacial score (nSPS) is 10.4. The maximum Gasteiger partial charge on any atom is 0.325 e. The number of carbonyl (C=O) groups is 2. The maximum atomic E-state index is 12.5. The predicted molar refractivity (Wildman–Crippen MR) is 77.9 cm³/mol. The number of amides is 1. The van der Waals surface area contributed by atoms with Gasteiger partial charge < -0.3 is 14.2 Å². The number of carbonyl (C=O) groups excluding carboxylic acids is 2. The Morgan fingerprint density at radius 1 is 1.35 bits per heavy atom. The first kappa shape index (κ1) is 16.6. The summed E-state index contributed by atoms with van der Waals surface area (Å²) in [7, 11) is 0. The van der Waals surface area contributed by atoms with Gasteiger partial charge in [0, 0.05) is 19.3 Å². The molecule has 5 nitrogen and oxygen atoms in total. The van der Waals surface area contributed by atoms with Crippen LogP contribution in [-0.2, 0) is 16.1 Å². The van der Waals surface area contributed by atoms with Gasteiger partial charge in [-0.1, -0.05) is 18.5 Å². The molecule has 20 heavy (non-hydrogen) atoms. The van der Waals surface area contributed by atoms with Crippen LogP contribution in [0.25, 0.3) is 0 Å². The standard InChI is InChI=1S/C14H21ClN2O3/c1-4-7-17(10-13(18)20-6-3)14(19)12-8-11(15)9-16(12)5-2/h8-9H,4-7,10H2,1-3H3. The summed E-state index contributed by atoms with van der Waals surface area (Å²) in [5, 5.41) is 0.516. The van der Waals surface area contributed by atoms with E-state index in [1.54, 1.807) is 23.8 Å². The molecule has 0 aromatic carbocycles. The third-order valence-corrected chi connectivity index (χ3v) is 3.04. The van der Waals surface area contributed by atoms with Crippen molar-refractivity contribution in [2.24, 2.45) is 0 Å². The Hall–Kier alpha value is -1.49. The molecule has 1 aromatic rings. The molecule has 1 rings (SSSR count). The molecule has 0 aliphatic carbocycles. The summed E-state index contributed by atoms with van der Waals surface area (Å²) in [6.45, 7) is 7.06. The zero-order chi connectivity index (χ0) is 15.1. The van der Waals surface area contributed by atoms with E-state index in [-0.39, 0.29) is 12.5 Å². The van der Waals surface area contributed by atoms with E-state index < -0.39 is 5.97 Å². The van der Waals surface area contributed by atoms with Crippen LogP contribution in [0, 0.1) is 0 Å². The number of esters is 1. The molecule has 0 unspecified atom stereocenters. The number of nitrogens with zero attached hydrogens (tertiary/aromatic N) is 2. The van der Waals surface area contributed by atoms with E-state index >= 15 is 0 Å². The van der Waals surface area contributed by atoms with Gasteiger partial charge >= 0.3 is 5.97 Å². The van der Waals surface area contributed by atoms with Crippen molar-refractivity contribution in [1.29, 1.82) is 0 Å². The third-order valence-electron chi connectivity index (χ3n) is 2.83. The third kappa shape index (κ3) is 4.27. The maximum absolute atomic E-state index is 12.5. The van der Waals surface area contributed by atoms with Gasteiger partial charge in [-0.05, 0) is 26.3 Å². The van der Waals surface area contributed by atoms with Crippen LogP contribution < -0.4 is 0 Å². The largest absolute Gasteiger partial charge is 0.465 e. The van der Waals surface area contributed by atoms with Crippen molar-refractivity contribution in [3.63, 3.8) is 0 Å². The number of hydrogen-bond donors (Lipinski definition) is 0. The minimum Gasteiger partial charge on any atom is -0.465 e. The summed E-state index contributed by atoms with van der Waals surface area (Å²) < 4.78 is 6.68. The monoisotopic (exact) mass is 300 g/mol. The molecule has 0 aliphatic heterocycles. The first-order chi connectivity index (χ1) is 9.53. The van der Waals surface area contributed by atoms with Gasteiger partial charge in [0.2, 0.25) is 0 Å². The Kier molecular flexibility index (Phi) is 6.58. The molecule has 0 atom stereocenters. The molecular formula is C14H21ClN2O3. The van der Waals surface area contributed by atoms with Crippen LogP contribution in [0.4, 0.5) is 0 Å². The lowest BCUT2D eigenvalue weighted by molar-refractivity contribution is -0.143. The van der Waals surface area contributed by atoms with Crippen molar-refractivity contribution < 1.29 is 14.3 Å². The van der Waals surface area contributed by atoms with E-state index in [1.807, 2.05) is 13.8 Å². The molecule has 0 bridgehead atoms. The molecule has 0 N–H and O–H groups in total. The molecule has 0 spiro atoms. The summed E-state index contributed by atoms with van der Waals surface area (Å²) >= 11 is 5.94. The van der Waals surface area contributed by atoms with Crippen molar-refractivity contribution in [2.45, 2.75) is 33.7 Å². The molecular weight excluding hydrogens is 280 g/mol. The van der Waals surface area contributed by atoms with Crippen LogP contribution in [-0.4, -0.2) is 41.0 Å². The first-order valence-corrected chi connectivity index (χ1v) is 7.21. The quantitative estimate of drug-likeness (QED) is 0.727. The SMILES string of the molecule is CCCN(CC(=O)OCC)C(=O)c1cc(Cl)cn1CC. The van der Waals surface area contributed by atoms with Gasteiger partial charge in [0.15, 0.2) is 0 Å². The van der Waals surface area contributed by atoms with Gasteiger partial charge in [0.25, 0.3) is 5.91 Å².